The molecule has 0 bridgehead atoms. The number of amides is 2. The van der Waals surface area contributed by atoms with Gasteiger partial charge in [-0.3, -0.25) is 14.6 Å². The van der Waals surface area contributed by atoms with Crippen LogP contribution in [0.4, 0.5) is 10.5 Å². The molecule has 3 aromatic carbocycles. The van der Waals surface area contributed by atoms with Gasteiger partial charge in [0.1, 0.15) is 12.2 Å². The van der Waals surface area contributed by atoms with E-state index in [1.165, 1.54) is 5.56 Å². The van der Waals surface area contributed by atoms with Crippen LogP contribution in [0.5, 0.6) is 0 Å². The molecule has 2 amide bonds. The number of ether oxygens (including phenoxy) is 2. The summed E-state index contributed by atoms with van der Waals surface area (Å²) in [6.45, 7) is 5.39. The van der Waals surface area contributed by atoms with Crippen molar-refractivity contribution in [2.45, 2.75) is 115 Å². The van der Waals surface area contributed by atoms with Gasteiger partial charge in [-0.25, -0.2) is 4.79 Å². The van der Waals surface area contributed by atoms with Crippen molar-refractivity contribution >= 4 is 34.4 Å². The highest BCUT2D eigenvalue weighted by molar-refractivity contribution is 5.98. The van der Waals surface area contributed by atoms with Gasteiger partial charge in [0.15, 0.2) is 0 Å². The monoisotopic (exact) mass is 793 g/mol. The number of nitrogens with one attached hydrogen (secondary N) is 2. The number of pyridine rings is 1. The van der Waals surface area contributed by atoms with Crippen molar-refractivity contribution in [1.29, 1.82) is 0 Å². The first-order valence-corrected chi connectivity index (χ1v) is 20.4. The molecule has 0 radical (unpaired) electrons. The number of carbonyl (C=O) groups excluding carboxylic acids is 3. The smallest absolute Gasteiger partial charge is 0.407 e. The molecule has 5 rings (SSSR count). The minimum absolute atomic E-state index is 0.00447. The summed E-state index contributed by atoms with van der Waals surface area (Å²) in [6, 6.07) is 24.7. The maximum Gasteiger partial charge on any atom is 0.407 e. The Hall–Kier alpha value is -5.10. The fourth-order valence-electron chi connectivity index (χ4n) is 7.48. The Kier molecular flexibility index (Phi) is 16.4. The lowest BCUT2D eigenvalue weighted by Gasteiger charge is -2.23. The Morgan fingerprint density at radius 3 is 2.41 bits per heavy atom. The first-order chi connectivity index (χ1) is 27.8. The predicted molar refractivity (Wildman–Crippen MR) is 225 cm³/mol. The summed E-state index contributed by atoms with van der Waals surface area (Å²) in [4.78, 5) is 42.8. The number of aryl methyl sites for hydroxylation is 1. The average molecular weight is 794 g/mol. The molecular weight excluding hydrogens is 735 g/mol. The van der Waals surface area contributed by atoms with Crippen LogP contribution >= 0.6 is 0 Å². The normalized spacial score (nSPS) is 19.1. The fraction of sp³-hybridized carbons (Fsp3) is 0.447. The molecule has 6 atom stereocenters. The summed E-state index contributed by atoms with van der Waals surface area (Å²) < 4.78 is 10.9. The van der Waals surface area contributed by atoms with Crippen molar-refractivity contribution in [1.82, 2.24) is 10.3 Å². The van der Waals surface area contributed by atoms with Gasteiger partial charge in [0.25, 0.3) is 0 Å². The quantitative estimate of drug-likeness (QED) is 0.0362. The third-order valence-electron chi connectivity index (χ3n) is 10.6. The van der Waals surface area contributed by atoms with E-state index >= 15 is 0 Å². The van der Waals surface area contributed by atoms with Gasteiger partial charge in [-0.1, -0.05) is 72.8 Å². The third kappa shape index (κ3) is 14.1. The van der Waals surface area contributed by atoms with Crippen LogP contribution in [-0.2, 0) is 32.1 Å². The topological polar surface area (TPSA) is 167 Å². The number of rotatable bonds is 19. The molecule has 310 valence electrons. The van der Waals surface area contributed by atoms with Gasteiger partial charge < -0.3 is 35.4 Å². The number of fused-ring (bicyclic) bond motifs is 1. The van der Waals surface area contributed by atoms with Gasteiger partial charge in [0.2, 0.25) is 5.91 Å². The Morgan fingerprint density at radius 2 is 1.66 bits per heavy atom. The van der Waals surface area contributed by atoms with E-state index in [2.05, 4.69) is 27.8 Å². The number of aliphatic hydroxyl groups is 3. The van der Waals surface area contributed by atoms with Gasteiger partial charge in [-0.05, 0) is 124 Å². The molecule has 11 heteroatoms. The van der Waals surface area contributed by atoms with E-state index in [1.807, 2.05) is 48.6 Å². The van der Waals surface area contributed by atoms with Crippen molar-refractivity contribution in [3.63, 3.8) is 0 Å². The van der Waals surface area contributed by atoms with Crippen molar-refractivity contribution in [2.75, 3.05) is 11.9 Å². The minimum Gasteiger partial charge on any atom is -0.461 e. The molecular formula is C47H59N3O8. The molecule has 1 saturated carbocycles. The van der Waals surface area contributed by atoms with Crippen LogP contribution in [0.3, 0.4) is 0 Å². The summed E-state index contributed by atoms with van der Waals surface area (Å²) >= 11 is 0. The lowest BCUT2D eigenvalue weighted by molar-refractivity contribution is -0.145. The van der Waals surface area contributed by atoms with Crippen LogP contribution in [0, 0.1) is 11.8 Å². The van der Waals surface area contributed by atoms with Crippen molar-refractivity contribution in [3.05, 3.63) is 120 Å². The largest absolute Gasteiger partial charge is 0.461 e. The number of aliphatic hydroxyl groups excluding tert-OH is 3. The van der Waals surface area contributed by atoms with Crippen molar-refractivity contribution in [3.8, 4) is 0 Å². The number of nitrogens with zero attached hydrogens (tertiary/aromatic N) is 1. The van der Waals surface area contributed by atoms with Gasteiger partial charge in [0, 0.05) is 36.4 Å². The molecule has 58 heavy (non-hydrogen) atoms. The number of hydrogen-bond acceptors (Lipinski definition) is 9. The molecule has 1 aliphatic carbocycles. The zero-order chi connectivity index (χ0) is 41.5. The van der Waals surface area contributed by atoms with Crippen molar-refractivity contribution in [2.24, 2.45) is 11.8 Å². The first kappa shape index (κ1) is 44.0. The summed E-state index contributed by atoms with van der Waals surface area (Å²) in [5, 5.41) is 39.4. The first-order valence-electron chi connectivity index (χ1n) is 20.4. The van der Waals surface area contributed by atoms with Gasteiger partial charge in [0.05, 0.1) is 24.2 Å². The number of unbranched alkanes of at least 4 members (excludes halogenated alkanes) is 1. The zero-order valence-corrected chi connectivity index (χ0v) is 33.9. The highest BCUT2D eigenvalue weighted by atomic mass is 16.6. The second kappa shape index (κ2) is 21.6. The molecule has 1 aromatic heterocycles. The maximum absolute atomic E-state index is 13.6. The van der Waals surface area contributed by atoms with E-state index in [-0.39, 0.29) is 43.3 Å². The molecule has 1 aliphatic rings. The van der Waals surface area contributed by atoms with E-state index < -0.39 is 35.9 Å². The van der Waals surface area contributed by atoms with Crippen LogP contribution < -0.4 is 10.6 Å². The van der Waals surface area contributed by atoms with Crippen LogP contribution in [0.1, 0.15) is 94.7 Å². The maximum atomic E-state index is 13.6. The molecule has 1 unspecified atom stereocenters. The van der Waals surface area contributed by atoms with E-state index in [9.17, 15) is 29.7 Å². The third-order valence-corrected chi connectivity index (χ3v) is 10.6. The predicted octanol–water partition coefficient (Wildman–Crippen LogP) is 7.77. The second-order valence-electron chi connectivity index (χ2n) is 16.3. The van der Waals surface area contributed by atoms with E-state index in [1.54, 1.807) is 63.5 Å². The fourth-order valence-corrected chi connectivity index (χ4v) is 7.48. The Bertz CT molecular complexity index is 1950. The molecule has 0 saturated heterocycles. The molecule has 1 fully saturated rings. The Labute approximate surface area is 341 Å². The summed E-state index contributed by atoms with van der Waals surface area (Å²) in [5.74, 6) is -1.50. The lowest BCUT2D eigenvalue weighted by Crippen LogP contribution is -2.37. The lowest BCUT2D eigenvalue weighted by atomic mass is 9.85. The SMILES string of the molecule is CC(C)(C)OC(=O)NCC(C(=O)Nc1ccc2cnccc2c1)c1ccc(COC(=O)CCC/C=C\C[C@@H]2[C@@H](CC[C@@H](O)CCc3ccccc3)[C@H](O)C[C@@H]2O)cc1. The average Bonchev–Trinajstić information content (AvgIpc) is 3.47. The highest BCUT2D eigenvalue weighted by Crippen LogP contribution is 2.38. The van der Waals surface area contributed by atoms with Gasteiger partial charge in [-0.15, -0.1) is 0 Å². The number of benzene rings is 3. The number of aromatic nitrogens is 1. The minimum atomic E-state index is -0.735. The summed E-state index contributed by atoms with van der Waals surface area (Å²) in [7, 11) is 0. The van der Waals surface area contributed by atoms with E-state index in [4.69, 9.17) is 9.47 Å². The number of allylic oxidation sites excluding steroid dienone is 2. The highest BCUT2D eigenvalue weighted by Gasteiger charge is 2.40. The van der Waals surface area contributed by atoms with Crippen LogP contribution in [0.25, 0.3) is 10.8 Å². The molecule has 0 spiro atoms. The van der Waals surface area contributed by atoms with E-state index in [0.717, 1.165) is 22.8 Å². The molecule has 5 N–H and O–H groups in total. The summed E-state index contributed by atoms with van der Waals surface area (Å²) in [6.07, 6.45) is 10.5. The number of alkyl carbamates (subject to hydrolysis) is 1. The molecule has 11 nitrogen and oxygen atoms in total. The summed E-state index contributed by atoms with van der Waals surface area (Å²) in [5.41, 5.74) is 2.54. The molecule has 1 heterocycles. The second-order valence-corrected chi connectivity index (χ2v) is 16.3. The number of hydrogen-bond donors (Lipinski definition) is 5. The Balaban J connectivity index is 1.05. The molecule has 4 aromatic rings. The van der Waals surface area contributed by atoms with Crippen LogP contribution in [-0.4, -0.2) is 68.7 Å². The number of carbonyl (C=O) groups is 3. The van der Waals surface area contributed by atoms with Crippen molar-refractivity contribution < 1.29 is 39.2 Å². The van der Waals surface area contributed by atoms with Gasteiger partial charge >= 0.3 is 12.1 Å². The van der Waals surface area contributed by atoms with Gasteiger partial charge in [-0.2, -0.15) is 0 Å². The molecule has 0 aliphatic heterocycles. The number of esters is 1. The van der Waals surface area contributed by atoms with E-state index in [0.29, 0.717) is 56.2 Å². The Morgan fingerprint density at radius 1 is 0.897 bits per heavy atom. The number of anilines is 1. The zero-order valence-electron chi connectivity index (χ0n) is 33.9. The van der Waals surface area contributed by atoms with Crippen LogP contribution in [0.15, 0.2) is 103 Å². The van der Waals surface area contributed by atoms with Crippen LogP contribution in [0.2, 0.25) is 0 Å². The standard InChI is InChI=1S/C47H59N3O8/c1-47(2,3)58-46(56)49-30-41(45(55)50-37-21-20-36-29-48-26-25-35(36)27-37)34-18-15-33(16-19-34)31-57-44(54)14-10-5-4-9-13-39-40(43(53)28-42(39)52)24-23-38(51)22-17-32-11-7-6-8-12-32/h4,6-9,11-12,15-16,18-21,25-27,29,38-43,51-53H,5,10,13-14,17,22-24,28,30-31H2,1-3H3,(H,49,56)(H,50,55)/b9-4-/t38-,39+,40+,41?,42-,43+/m0/s1.